The van der Waals surface area contributed by atoms with Gasteiger partial charge in [-0.3, -0.25) is 0 Å². The fraction of sp³-hybridized carbons (Fsp3) is 0.154. The molecule has 2 aliphatic carbocycles. The fourth-order valence-electron chi connectivity index (χ4n) is 5.08. The van der Waals surface area contributed by atoms with Gasteiger partial charge in [0.25, 0.3) is 0 Å². The minimum Gasteiger partial charge on any atom is -0.0877 e. The Morgan fingerprint density at radius 3 is 2.04 bits per heavy atom. The molecule has 0 N–H and O–H groups in total. The first-order chi connectivity index (χ1) is 12.8. The van der Waals surface area contributed by atoms with E-state index >= 15 is 0 Å². The quantitative estimate of drug-likeness (QED) is 0.466. The molecule has 26 heavy (non-hydrogen) atoms. The molecule has 0 aromatic heterocycles. The van der Waals surface area contributed by atoms with Crippen LogP contribution in [0.2, 0.25) is 0 Å². The zero-order chi connectivity index (χ0) is 17.7. The van der Waals surface area contributed by atoms with E-state index in [2.05, 4.69) is 98.8 Å². The third-order valence-electron chi connectivity index (χ3n) is 6.06. The van der Waals surface area contributed by atoms with E-state index in [1.165, 1.54) is 44.5 Å². The van der Waals surface area contributed by atoms with E-state index in [4.69, 9.17) is 0 Å². The van der Waals surface area contributed by atoms with Crippen molar-refractivity contribution in [3.63, 3.8) is 0 Å². The van der Waals surface area contributed by atoms with Gasteiger partial charge in [0.05, 0.1) is 5.41 Å². The Labute approximate surface area is 155 Å². The zero-order valence-corrected chi connectivity index (χ0v) is 15.3. The first-order valence-electron chi connectivity index (χ1n) is 9.39. The molecule has 0 heterocycles. The predicted octanol–water partition coefficient (Wildman–Crippen LogP) is 6.67. The molecule has 0 aliphatic heterocycles. The van der Waals surface area contributed by atoms with Gasteiger partial charge in [0.15, 0.2) is 0 Å². The predicted molar refractivity (Wildman–Crippen MR) is 110 cm³/mol. The van der Waals surface area contributed by atoms with Crippen LogP contribution in [0.25, 0.3) is 16.7 Å². The highest BCUT2D eigenvalue weighted by Crippen LogP contribution is 2.61. The summed E-state index contributed by atoms with van der Waals surface area (Å²) >= 11 is 0. The summed E-state index contributed by atoms with van der Waals surface area (Å²) in [5.74, 6) is 0. The monoisotopic (exact) mass is 334 g/mol. The molecule has 1 spiro atoms. The van der Waals surface area contributed by atoms with Crippen molar-refractivity contribution in [2.75, 3.05) is 0 Å². The van der Waals surface area contributed by atoms with Crippen molar-refractivity contribution in [3.8, 4) is 11.1 Å². The second-order valence-corrected chi connectivity index (χ2v) is 7.39. The minimum absolute atomic E-state index is 0.0536. The molecule has 0 atom stereocenters. The van der Waals surface area contributed by atoms with Gasteiger partial charge in [-0.25, -0.2) is 0 Å². The van der Waals surface area contributed by atoms with Crippen LogP contribution in [-0.2, 0) is 5.41 Å². The van der Waals surface area contributed by atoms with Crippen LogP contribution in [0.1, 0.15) is 41.2 Å². The second-order valence-electron chi connectivity index (χ2n) is 7.39. The highest BCUT2D eigenvalue weighted by molar-refractivity contribution is 5.91. The maximum absolute atomic E-state index is 2.34. The molecule has 0 heteroatoms. The summed E-state index contributed by atoms with van der Waals surface area (Å²) in [6, 6.07) is 24.8. The molecule has 0 fully saturated rings. The molecule has 126 valence electrons. The van der Waals surface area contributed by atoms with Crippen molar-refractivity contribution in [2.24, 2.45) is 0 Å². The van der Waals surface area contributed by atoms with Crippen molar-refractivity contribution >= 4 is 5.57 Å². The van der Waals surface area contributed by atoms with Crippen LogP contribution >= 0.6 is 0 Å². The zero-order valence-electron chi connectivity index (χ0n) is 15.3. The molecule has 5 rings (SSSR count). The largest absolute Gasteiger partial charge is 0.0877 e. The van der Waals surface area contributed by atoms with Crippen LogP contribution in [-0.4, -0.2) is 0 Å². The summed E-state index contributed by atoms with van der Waals surface area (Å²) in [6.07, 6.45) is 7.64. The number of benzene rings is 3. The van der Waals surface area contributed by atoms with Gasteiger partial charge < -0.3 is 0 Å². The molecule has 0 nitrogen and oxygen atoms in total. The third kappa shape index (κ3) is 1.85. The summed E-state index contributed by atoms with van der Waals surface area (Å²) in [6.45, 7) is 4.33. The molecule has 0 radical (unpaired) electrons. The Morgan fingerprint density at radius 2 is 1.38 bits per heavy atom. The first kappa shape index (κ1) is 15.4. The van der Waals surface area contributed by atoms with E-state index in [-0.39, 0.29) is 5.41 Å². The maximum atomic E-state index is 2.34. The lowest BCUT2D eigenvalue weighted by atomic mass is 9.73. The van der Waals surface area contributed by atoms with Crippen molar-refractivity contribution in [3.05, 3.63) is 113 Å². The average molecular weight is 334 g/mol. The molecule has 0 saturated heterocycles. The molecule has 0 unspecified atom stereocenters. The van der Waals surface area contributed by atoms with Gasteiger partial charge in [-0.2, -0.15) is 0 Å². The van der Waals surface area contributed by atoms with Crippen molar-refractivity contribution < 1.29 is 0 Å². The van der Waals surface area contributed by atoms with Crippen LogP contribution in [0.5, 0.6) is 0 Å². The summed E-state index contributed by atoms with van der Waals surface area (Å²) in [5, 5.41) is 0. The lowest BCUT2D eigenvalue weighted by Crippen LogP contribution is -2.23. The Kier molecular flexibility index (Phi) is 3.30. The van der Waals surface area contributed by atoms with Crippen LogP contribution in [0, 0.1) is 6.92 Å². The molecular formula is C26H22. The summed E-state index contributed by atoms with van der Waals surface area (Å²) in [4.78, 5) is 0. The van der Waals surface area contributed by atoms with E-state index < -0.39 is 0 Å². The Bertz CT molecular complexity index is 1030. The smallest absolute Gasteiger partial charge is 0.0510 e. The van der Waals surface area contributed by atoms with Crippen molar-refractivity contribution in [2.45, 2.75) is 25.7 Å². The fourth-order valence-corrected chi connectivity index (χ4v) is 5.08. The molecule has 2 aliphatic rings. The summed E-state index contributed by atoms with van der Waals surface area (Å²) < 4.78 is 0. The highest BCUT2D eigenvalue weighted by Gasteiger charge is 2.49. The van der Waals surface area contributed by atoms with E-state index in [9.17, 15) is 0 Å². The van der Waals surface area contributed by atoms with Gasteiger partial charge in [-0.1, -0.05) is 85.0 Å². The number of rotatable bonds is 1. The van der Waals surface area contributed by atoms with E-state index in [0.717, 1.165) is 6.42 Å². The van der Waals surface area contributed by atoms with Gasteiger partial charge in [0, 0.05) is 0 Å². The molecular weight excluding hydrogens is 312 g/mol. The van der Waals surface area contributed by atoms with Crippen LogP contribution in [0.3, 0.4) is 0 Å². The lowest BCUT2D eigenvalue weighted by molar-refractivity contribution is 0.681. The molecule has 3 aromatic rings. The molecule has 0 bridgehead atoms. The van der Waals surface area contributed by atoms with Crippen LogP contribution in [0.15, 0.2) is 85.0 Å². The molecule has 3 aromatic carbocycles. The Balaban J connectivity index is 1.91. The standard InChI is InChI=1S/C26H22/c1-3-4-11-19-17-26(24-16-9-10-18(2)25(19)24)22-14-7-5-12-20(22)21-13-6-8-15-23(21)26/h3-16H,17H2,1-2H3/b4-3-,19-11+. The number of aryl methyl sites for hydroxylation is 1. The topological polar surface area (TPSA) is 0 Å². The average Bonchev–Trinajstić information content (AvgIpc) is 3.17. The normalized spacial score (nSPS) is 17.7. The number of allylic oxidation sites excluding steroid dienone is 4. The number of hydrogen-bond acceptors (Lipinski definition) is 0. The van der Waals surface area contributed by atoms with E-state index in [1.807, 2.05) is 0 Å². The van der Waals surface area contributed by atoms with Gasteiger partial charge in [0.1, 0.15) is 0 Å². The number of fused-ring (bicyclic) bond motifs is 7. The minimum atomic E-state index is -0.0536. The molecule has 0 saturated carbocycles. The van der Waals surface area contributed by atoms with E-state index in [1.54, 1.807) is 0 Å². The molecule has 0 amide bonds. The van der Waals surface area contributed by atoms with Crippen molar-refractivity contribution in [1.82, 2.24) is 0 Å². The third-order valence-corrected chi connectivity index (χ3v) is 6.06. The SMILES string of the molecule is C/C=C\C=C1/CC2(c3ccccc3-c3ccccc32)c2cccc(C)c21. The second kappa shape index (κ2) is 5.57. The Morgan fingerprint density at radius 1 is 0.769 bits per heavy atom. The van der Waals surface area contributed by atoms with Gasteiger partial charge in [-0.05, 0) is 64.8 Å². The first-order valence-corrected chi connectivity index (χ1v) is 9.39. The lowest BCUT2D eigenvalue weighted by Gasteiger charge is -2.28. The number of hydrogen-bond donors (Lipinski definition) is 0. The Hall–Kier alpha value is -2.86. The van der Waals surface area contributed by atoms with Gasteiger partial charge in [-0.15, -0.1) is 0 Å². The summed E-state index contributed by atoms with van der Waals surface area (Å²) in [7, 11) is 0. The van der Waals surface area contributed by atoms with Crippen LogP contribution in [0.4, 0.5) is 0 Å². The highest BCUT2D eigenvalue weighted by atomic mass is 14.5. The van der Waals surface area contributed by atoms with Gasteiger partial charge >= 0.3 is 0 Å². The summed E-state index contributed by atoms with van der Waals surface area (Å²) in [5.41, 5.74) is 11.4. The van der Waals surface area contributed by atoms with Gasteiger partial charge in [0.2, 0.25) is 0 Å². The van der Waals surface area contributed by atoms with Crippen LogP contribution < -0.4 is 0 Å². The van der Waals surface area contributed by atoms with E-state index in [0.29, 0.717) is 0 Å². The van der Waals surface area contributed by atoms with Crippen molar-refractivity contribution in [1.29, 1.82) is 0 Å². The maximum Gasteiger partial charge on any atom is 0.0510 e.